The molecule has 4 nitrogen and oxygen atoms in total. The summed E-state index contributed by atoms with van der Waals surface area (Å²) in [5.41, 5.74) is 3.17. The van der Waals surface area contributed by atoms with Crippen molar-refractivity contribution in [3.8, 4) is 0 Å². The number of nitrogens with one attached hydrogen (secondary N) is 1. The van der Waals surface area contributed by atoms with E-state index in [1.165, 1.54) is 11.8 Å². The second-order valence-electron chi connectivity index (χ2n) is 7.62. The van der Waals surface area contributed by atoms with Crippen molar-refractivity contribution in [3.05, 3.63) is 70.2 Å². The summed E-state index contributed by atoms with van der Waals surface area (Å²) in [4.78, 5) is 27.8. The van der Waals surface area contributed by atoms with E-state index < -0.39 is 6.04 Å². The second-order valence-corrected chi connectivity index (χ2v) is 9.01. The number of rotatable bonds is 10. The molecule has 2 aromatic rings. The highest BCUT2D eigenvalue weighted by Gasteiger charge is 2.29. The molecule has 0 bridgehead atoms. The van der Waals surface area contributed by atoms with E-state index in [0.717, 1.165) is 16.7 Å². The van der Waals surface area contributed by atoms with E-state index in [9.17, 15) is 9.59 Å². The molecule has 1 atom stereocenters. The van der Waals surface area contributed by atoms with E-state index in [1.54, 1.807) is 4.90 Å². The van der Waals surface area contributed by atoms with Crippen LogP contribution >= 0.6 is 23.4 Å². The van der Waals surface area contributed by atoms with E-state index >= 15 is 0 Å². The van der Waals surface area contributed by atoms with Gasteiger partial charge in [0.1, 0.15) is 6.04 Å². The Morgan fingerprint density at radius 3 is 2.30 bits per heavy atom. The highest BCUT2D eigenvalue weighted by molar-refractivity contribution is 7.99. The molecule has 0 aliphatic rings. The van der Waals surface area contributed by atoms with Crippen molar-refractivity contribution in [2.24, 2.45) is 0 Å². The molecule has 2 amide bonds. The minimum absolute atomic E-state index is 0.0246. The summed E-state index contributed by atoms with van der Waals surface area (Å²) in [5.74, 6) is 0.799. The first-order chi connectivity index (χ1) is 14.3. The molecule has 2 rings (SSSR count). The van der Waals surface area contributed by atoms with Crippen molar-refractivity contribution in [2.75, 3.05) is 5.75 Å². The summed E-state index contributed by atoms with van der Waals surface area (Å²) in [6.45, 7) is 8.25. The molecule has 0 radical (unpaired) electrons. The van der Waals surface area contributed by atoms with Crippen LogP contribution in [0.1, 0.15) is 43.9 Å². The first kappa shape index (κ1) is 24.3. The number of hydrogen-bond acceptors (Lipinski definition) is 3. The lowest BCUT2D eigenvalue weighted by Crippen LogP contribution is -2.51. The van der Waals surface area contributed by atoms with E-state index in [2.05, 4.69) is 5.32 Å². The molecular formula is C24H31ClN2O2S. The molecule has 1 N–H and O–H groups in total. The summed E-state index contributed by atoms with van der Waals surface area (Å²) in [7, 11) is 0. The maximum absolute atomic E-state index is 13.2. The molecule has 0 aliphatic carbocycles. The smallest absolute Gasteiger partial charge is 0.243 e. The Labute approximate surface area is 189 Å². The summed E-state index contributed by atoms with van der Waals surface area (Å²) in [6, 6.07) is 15.2. The molecular weight excluding hydrogens is 416 g/mol. The van der Waals surface area contributed by atoms with Gasteiger partial charge in [0.15, 0.2) is 0 Å². The predicted molar refractivity (Wildman–Crippen MR) is 127 cm³/mol. The fourth-order valence-electron chi connectivity index (χ4n) is 3.22. The Morgan fingerprint density at radius 2 is 1.70 bits per heavy atom. The first-order valence-corrected chi connectivity index (χ1v) is 11.8. The van der Waals surface area contributed by atoms with Crippen LogP contribution in [0, 0.1) is 6.92 Å². The SMILES string of the molecule is CCC(C(=O)NC(C)C)N(Cc1ccccc1C)C(=O)CSCc1ccccc1Cl. The lowest BCUT2D eigenvalue weighted by Gasteiger charge is -2.31. The van der Waals surface area contributed by atoms with Crippen LogP contribution in [-0.2, 0) is 21.9 Å². The summed E-state index contributed by atoms with van der Waals surface area (Å²) in [5, 5.41) is 3.67. The number of nitrogens with zero attached hydrogens (tertiary/aromatic N) is 1. The van der Waals surface area contributed by atoms with Crippen molar-refractivity contribution in [1.29, 1.82) is 0 Å². The van der Waals surface area contributed by atoms with Gasteiger partial charge in [-0.25, -0.2) is 0 Å². The highest BCUT2D eigenvalue weighted by atomic mass is 35.5. The molecule has 0 aromatic heterocycles. The third-order valence-electron chi connectivity index (χ3n) is 4.86. The maximum atomic E-state index is 13.2. The normalized spacial score (nSPS) is 11.9. The van der Waals surface area contributed by atoms with Crippen LogP contribution in [-0.4, -0.2) is 34.6 Å². The topological polar surface area (TPSA) is 49.4 Å². The zero-order valence-corrected chi connectivity index (χ0v) is 19.7. The minimum atomic E-state index is -0.500. The largest absolute Gasteiger partial charge is 0.352 e. The standard InChI is InChI=1S/C24H31ClN2O2S/c1-5-22(24(29)26-17(2)3)27(14-19-11-7-6-10-18(19)4)23(28)16-30-15-20-12-8-9-13-21(20)25/h6-13,17,22H,5,14-16H2,1-4H3,(H,26,29). The van der Waals surface area contributed by atoms with Crippen LogP contribution in [0.4, 0.5) is 0 Å². The third-order valence-corrected chi connectivity index (χ3v) is 6.19. The van der Waals surface area contributed by atoms with Gasteiger partial charge in [-0.1, -0.05) is 61.0 Å². The van der Waals surface area contributed by atoms with Gasteiger partial charge >= 0.3 is 0 Å². The van der Waals surface area contributed by atoms with E-state index in [0.29, 0.717) is 29.5 Å². The molecule has 0 saturated carbocycles. The van der Waals surface area contributed by atoms with Crippen LogP contribution in [0.2, 0.25) is 5.02 Å². The molecule has 0 fully saturated rings. The van der Waals surface area contributed by atoms with Crippen molar-refractivity contribution < 1.29 is 9.59 Å². The van der Waals surface area contributed by atoms with Gasteiger partial charge in [-0.2, -0.15) is 0 Å². The van der Waals surface area contributed by atoms with Gasteiger partial charge in [0, 0.05) is 23.4 Å². The number of hydrogen-bond donors (Lipinski definition) is 1. The zero-order chi connectivity index (χ0) is 22.1. The summed E-state index contributed by atoms with van der Waals surface area (Å²) < 4.78 is 0. The fraction of sp³-hybridized carbons (Fsp3) is 0.417. The van der Waals surface area contributed by atoms with Crippen LogP contribution in [0.15, 0.2) is 48.5 Å². The van der Waals surface area contributed by atoms with Gasteiger partial charge in [-0.15, -0.1) is 11.8 Å². The predicted octanol–water partition coefficient (Wildman–Crippen LogP) is 5.21. The van der Waals surface area contributed by atoms with Gasteiger partial charge in [0.2, 0.25) is 11.8 Å². The number of aryl methyl sites for hydroxylation is 1. The Hall–Kier alpha value is -1.98. The molecule has 0 heterocycles. The van der Waals surface area contributed by atoms with Crippen molar-refractivity contribution in [2.45, 2.75) is 58.5 Å². The van der Waals surface area contributed by atoms with Gasteiger partial charge < -0.3 is 10.2 Å². The second kappa shape index (κ2) is 12.0. The molecule has 1 unspecified atom stereocenters. The van der Waals surface area contributed by atoms with Gasteiger partial charge in [0.25, 0.3) is 0 Å². The number of thioether (sulfide) groups is 1. The Kier molecular flexibility index (Phi) is 9.73. The van der Waals surface area contributed by atoms with E-state index in [1.807, 2.05) is 76.2 Å². The monoisotopic (exact) mass is 446 g/mol. The van der Waals surface area contributed by atoms with E-state index in [-0.39, 0.29) is 17.9 Å². The quantitative estimate of drug-likeness (QED) is 0.544. The lowest BCUT2D eigenvalue weighted by molar-refractivity contribution is -0.139. The number of amides is 2. The summed E-state index contributed by atoms with van der Waals surface area (Å²) >= 11 is 7.75. The molecule has 30 heavy (non-hydrogen) atoms. The first-order valence-electron chi connectivity index (χ1n) is 10.3. The average molecular weight is 447 g/mol. The van der Waals surface area contributed by atoms with Crippen LogP contribution in [0.3, 0.4) is 0 Å². The number of benzene rings is 2. The fourth-order valence-corrected chi connectivity index (χ4v) is 4.41. The molecule has 0 spiro atoms. The molecule has 0 saturated heterocycles. The molecule has 2 aromatic carbocycles. The zero-order valence-electron chi connectivity index (χ0n) is 18.2. The van der Waals surface area contributed by atoms with Crippen molar-refractivity contribution in [1.82, 2.24) is 10.2 Å². The van der Waals surface area contributed by atoms with Crippen LogP contribution in [0.5, 0.6) is 0 Å². The van der Waals surface area contributed by atoms with Crippen LogP contribution in [0.25, 0.3) is 0 Å². The van der Waals surface area contributed by atoms with Crippen LogP contribution < -0.4 is 5.32 Å². The van der Waals surface area contributed by atoms with Crippen molar-refractivity contribution in [3.63, 3.8) is 0 Å². The number of carbonyl (C=O) groups excluding carboxylic acids is 2. The molecule has 162 valence electrons. The number of halogens is 1. The van der Waals surface area contributed by atoms with Gasteiger partial charge in [-0.05, 0) is 49.9 Å². The van der Waals surface area contributed by atoms with Crippen molar-refractivity contribution >= 4 is 35.2 Å². The maximum Gasteiger partial charge on any atom is 0.243 e. The Balaban J connectivity index is 2.16. The highest BCUT2D eigenvalue weighted by Crippen LogP contribution is 2.22. The van der Waals surface area contributed by atoms with Gasteiger partial charge in [0.05, 0.1) is 5.75 Å². The Morgan fingerprint density at radius 1 is 1.07 bits per heavy atom. The molecule has 6 heteroatoms. The third kappa shape index (κ3) is 7.06. The minimum Gasteiger partial charge on any atom is -0.352 e. The van der Waals surface area contributed by atoms with Gasteiger partial charge in [-0.3, -0.25) is 9.59 Å². The van der Waals surface area contributed by atoms with E-state index in [4.69, 9.17) is 11.6 Å². The number of carbonyl (C=O) groups is 2. The Bertz CT molecular complexity index is 857. The average Bonchev–Trinajstić information content (AvgIpc) is 2.70. The lowest BCUT2D eigenvalue weighted by atomic mass is 10.1. The summed E-state index contributed by atoms with van der Waals surface area (Å²) in [6.07, 6.45) is 0.561. The molecule has 0 aliphatic heterocycles.